The number of para-hydroxylation sites is 1. The minimum absolute atomic E-state index is 0.0759. The molecule has 1 aliphatic heterocycles. The molecule has 0 amide bonds. The van der Waals surface area contributed by atoms with Gasteiger partial charge in [0.05, 0.1) is 5.69 Å². The summed E-state index contributed by atoms with van der Waals surface area (Å²) in [5.41, 5.74) is 0.731. The number of nitrogens with one attached hydrogen (secondary N) is 1. The van der Waals surface area contributed by atoms with Crippen LogP contribution in [-0.2, 0) is 0 Å². The molecule has 1 saturated heterocycles. The fourth-order valence-corrected chi connectivity index (χ4v) is 2.63. The van der Waals surface area contributed by atoms with Gasteiger partial charge in [-0.05, 0) is 24.0 Å². The average Bonchev–Trinajstić information content (AvgIpc) is 2.50. The average molecular weight is 266 g/mol. The molecule has 1 aromatic carbocycles. The van der Waals surface area contributed by atoms with Crippen LogP contribution >= 0.6 is 0 Å². The lowest BCUT2D eigenvalue weighted by molar-refractivity contribution is 0.263. The Morgan fingerprint density at radius 1 is 1.42 bits per heavy atom. The topological polar surface area (TPSA) is 35.5 Å². The van der Waals surface area contributed by atoms with Crippen LogP contribution in [0.2, 0.25) is 0 Å². The lowest BCUT2D eigenvalue weighted by Gasteiger charge is -2.31. The van der Waals surface area contributed by atoms with E-state index in [0.717, 1.165) is 19.6 Å². The summed E-state index contributed by atoms with van der Waals surface area (Å²) in [5, 5.41) is 12.6. The zero-order valence-electron chi connectivity index (χ0n) is 11.7. The quantitative estimate of drug-likeness (QED) is 0.878. The van der Waals surface area contributed by atoms with Crippen molar-refractivity contribution in [1.82, 2.24) is 5.32 Å². The molecule has 0 aromatic heterocycles. The van der Waals surface area contributed by atoms with Crippen molar-refractivity contribution >= 4 is 5.69 Å². The molecule has 0 spiro atoms. The highest BCUT2D eigenvalue weighted by Gasteiger charge is 2.29. The number of hydrogen-bond acceptors (Lipinski definition) is 3. The molecule has 4 heteroatoms. The van der Waals surface area contributed by atoms with Crippen molar-refractivity contribution in [2.45, 2.75) is 26.3 Å². The largest absolute Gasteiger partial charge is 0.396 e. The molecule has 0 saturated carbocycles. The molecule has 0 radical (unpaired) electrons. The molecule has 106 valence electrons. The lowest BCUT2D eigenvalue weighted by Crippen LogP contribution is -2.38. The third kappa shape index (κ3) is 3.67. The minimum atomic E-state index is -0.178. The number of aliphatic hydroxyl groups excluding tert-OH is 1. The molecule has 1 unspecified atom stereocenters. The zero-order valence-corrected chi connectivity index (χ0v) is 11.7. The molecular weight excluding hydrogens is 243 g/mol. The molecule has 0 aliphatic carbocycles. The van der Waals surface area contributed by atoms with Crippen LogP contribution in [0.3, 0.4) is 0 Å². The molecule has 1 aromatic rings. The van der Waals surface area contributed by atoms with Crippen molar-refractivity contribution in [2.24, 2.45) is 5.41 Å². The molecule has 2 rings (SSSR count). The predicted molar refractivity (Wildman–Crippen MR) is 75.9 cm³/mol. The lowest BCUT2D eigenvalue weighted by atomic mass is 9.93. The van der Waals surface area contributed by atoms with Crippen LogP contribution < -0.4 is 10.2 Å². The van der Waals surface area contributed by atoms with Crippen molar-refractivity contribution in [3.8, 4) is 0 Å². The summed E-state index contributed by atoms with van der Waals surface area (Å²) in [6.45, 7) is 6.92. The number of aliphatic hydroxyl groups is 1. The molecule has 1 atom stereocenters. The normalized spacial score (nSPS) is 23.2. The maximum atomic E-state index is 14.0. The van der Waals surface area contributed by atoms with Crippen molar-refractivity contribution in [1.29, 1.82) is 0 Å². The van der Waals surface area contributed by atoms with Crippen LogP contribution in [0.15, 0.2) is 24.3 Å². The summed E-state index contributed by atoms with van der Waals surface area (Å²) in [5.74, 6) is -0.178. The summed E-state index contributed by atoms with van der Waals surface area (Å²) < 4.78 is 14.0. The van der Waals surface area contributed by atoms with E-state index in [4.69, 9.17) is 5.11 Å². The molecule has 1 fully saturated rings. The van der Waals surface area contributed by atoms with Crippen molar-refractivity contribution in [3.63, 3.8) is 0 Å². The standard InChI is InChI=1S/C15H23FN2O/c1-15(2)10-17-12(7-8-19)9-18(11-15)14-6-4-3-5-13(14)16/h3-6,12,17,19H,7-11H2,1-2H3. The first-order valence-electron chi connectivity index (χ1n) is 6.85. The van der Waals surface area contributed by atoms with E-state index in [1.54, 1.807) is 6.07 Å². The van der Waals surface area contributed by atoms with Gasteiger partial charge in [0.2, 0.25) is 0 Å². The summed E-state index contributed by atoms with van der Waals surface area (Å²) in [6, 6.07) is 7.11. The van der Waals surface area contributed by atoms with Gasteiger partial charge < -0.3 is 15.3 Å². The van der Waals surface area contributed by atoms with E-state index < -0.39 is 0 Å². The molecule has 19 heavy (non-hydrogen) atoms. The second-order valence-corrected chi connectivity index (χ2v) is 6.09. The van der Waals surface area contributed by atoms with E-state index in [9.17, 15) is 4.39 Å². The van der Waals surface area contributed by atoms with Gasteiger partial charge in [-0.2, -0.15) is 0 Å². The van der Waals surface area contributed by atoms with E-state index in [1.165, 1.54) is 6.07 Å². The van der Waals surface area contributed by atoms with Gasteiger partial charge in [0, 0.05) is 32.3 Å². The van der Waals surface area contributed by atoms with Crippen molar-refractivity contribution in [3.05, 3.63) is 30.1 Å². The van der Waals surface area contributed by atoms with Crippen LogP contribution in [0.5, 0.6) is 0 Å². The summed E-state index contributed by atoms with van der Waals surface area (Å²) in [6.07, 6.45) is 0.695. The van der Waals surface area contributed by atoms with Gasteiger partial charge in [0.1, 0.15) is 5.82 Å². The van der Waals surface area contributed by atoms with Crippen LogP contribution in [0, 0.1) is 11.2 Å². The van der Waals surface area contributed by atoms with Gasteiger partial charge in [0.25, 0.3) is 0 Å². The van der Waals surface area contributed by atoms with Crippen LogP contribution in [0.1, 0.15) is 20.3 Å². The van der Waals surface area contributed by atoms with Gasteiger partial charge in [-0.3, -0.25) is 0 Å². The molecule has 2 N–H and O–H groups in total. The predicted octanol–water partition coefficient (Wildman–Crippen LogP) is 2.01. The Morgan fingerprint density at radius 3 is 2.84 bits per heavy atom. The summed E-state index contributed by atoms with van der Waals surface area (Å²) >= 11 is 0. The highest BCUT2D eigenvalue weighted by atomic mass is 19.1. The van der Waals surface area contributed by atoms with Gasteiger partial charge in [-0.1, -0.05) is 26.0 Å². The first-order valence-corrected chi connectivity index (χ1v) is 6.85. The first kappa shape index (κ1) is 14.3. The smallest absolute Gasteiger partial charge is 0.146 e. The second kappa shape index (κ2) is 5.88. The van der Waals surface area contributed by atoms with E-state index >= 15 is 0 Å². The number of nitrogens with zero attached hydrogens (tertiary/aromatic N) is 1. The first-order chi connectivity index (χ1) is 9.02. The Labute approximate surface area is 114 Å². The van der Waals surface area contributed by atoms with Gasteiger partial charge in [-0.25, -0.2) is 4.39 Å². The van der Waals surface area contributed by atoms with Crippen molar-refractivity contribution < 1.29 is 9.50 Å². The second-order valence-electron chi connectivity index (χ2n) is 6.09. The van der Waals surface area contributed by atoms with Gasteiger partial charge >= 0.3 is 0 Å². The van der Waals surface area contributed by atoms with Crippen LogP contribution in [0.4, 0.5) is 10.1 Å². The van der Waals surface area contributed by atoms with E-state index in [1.807, 2.05) is 12.1 Å². The molecule has 0 bridgehead atoms. The fraction of sp³-hybridized carbons (Fsp3) is 0.600. The van der Waals surface area contributed by atoms with Gasteiger partial charge in [-0.15, -0.1) is 0 Å². The maximum Gasteiger partial charge on any atom is 0.146 e. The highest BCUT2D eigenvalue weighted by molar-refractivity contribution is 5.48. The highest BCUT2D eigenvalue weighted by Crippen LogP contribution is 2.26. The van der Waals surface area contributed by atoms with E-state index in [-0.39, 0.29) is 23.9 Å². The molecule has 1 aliphatic rings. The Balaban J connectivity index is 2.23. The Kier molecular flexibility index (Phi) is 4.42. The minimum Gasteiger partial charge on any atom is -0.396 e. The number of anilines is 1. The third-order valence-corrected chi connectivity index (χ3v) is 3.60. The van der Waals surface area contributed by atoms with Crippen LogP contribution in [0.25, 0.3) is 0 Å². The molecule has 1 heterocycles. The SMILES string of the molecule is CC1(C)CNC(CCO)CN(c2ccccc2F)C1. The Morgan fingerprint density at radius 2 is 2.16 bits per heavy atom. The Hall–Kier alpha value is -1.13. The number of hydrogen-bond donors (Lipinski definition) is 2. The van der Waals surface area contributed by atoms with E-state index in [2.05, 4.69) is 24.1 Å². The zero-order chi connectivity index (χ0) is 13.9. The summed E-state index contributed by atoms with van der Waals surface area (Å²) in [7, 11) is 0. The fourth-order valence-electron chi connectivity index (χ4n) is 2.63. The monoisotopic (exact) mass is 266 g/mol. The van der Waals surface area contributed by atoms with Crippen molar-refractivity contribution in [2.75, 3.05) is 31.1 Å². The summed E-state index contributed by atoms with van der Waals surface area (Å²) in [4.78, 5) is 2.09. The number of benzene rings is 1. The number of rotatable bonds is 3. The van der Waals surface area contributed by atoms with Crippen LogP contribution in [-0.4, -0.2) is 37.4 Å². The number of halogens is 1. The maximum absolute atomic E-state index is 14.0. The van der Waals surface area contributed by atoms with Gasteiger partial charge in [0.15, 0.2) is 0 Å². The molecular formula is C15H23FN2O. The molecule has 3 nitrogen and oxygen atoms in total. The third-order valence-electron chi connectivity index (χ3n) is 3.60. The Bertz CT molecular complexity index is 422. The van der Waals surface area contributed by atoms with E-state index in [0.29, 0.717) is 12.1 Å².